The van der Waals surface area contributed by atoms with Crippen LogP contribution in [0, 0.1) is 11.8 Å². The van der Waals surface area contributed by atoms with Crippen LogP contribution in [-0.2, 0) is 28.7 Å². The zero-order valence-corrected chi connectivity index (χ0v) is 33.3. The van der Waals surface area contributed by atoms with Crippen molar-refractivity contribution in [3.63, 3.8) is 0 Å². The number of rotatable bonds is 24. The van der Waals surface area contributed by atoms with Crippen molar-refractivity contribution in [3.05, 3.63) is 0 Å². The molecule has 0 aromatic rings. The third-order valence-corrected chi connectivity index (χ3v) is 8.27. The molecule has 0 saturated carbocycles. The molecule has 0 bridgehead atoms. The van der Waals surface area contributed by atoms with E-state index in [0.29, 0.717) is 0 Å². The second-order valence-electron chi connectivity index (χ2n) is 12.7. The summed E-state index contributed by atoms with van der Waals surface area (Å²) in [5.41, 5.74) is -1.17. The quantitative estimate of drug-likeness (QED) is 0.0505. The summed E-state index contributed by atoms with van der Waals surface area (Å²) in [6.07, 6.45) is 17.1. The Morgan fingerprint density at radius 2 is 0.791 bits per heavy atom. The van der Waals surface area contributed by atoms with Crippen molar-refractivity contribution in [1.29, 1.82) is 0 Å². The summed E-state index contributed by atoms with van der Waals surface area (Å²) in [6.45, 7) is 16.2. The molecule has 0 heterocycles. The molecule has 0 aliphatic carbocycles. The van der Waals surface area contributed by atoms with Crippen LogP contribution in [0.4, 0.5) is 0 Å². The van der Waals surface area contributed by atoms with Crippen molar-refractivity contribution in [1.82, 2.24) is 0 Å². The van der Waals surface area contributed by atoms with Crippen LogP contribution >= 0.6 is 0 Å². The number of hydrogen-bond acceptors (Lipinski definition) is 8. The molecular formula is C34H62BaO8. The van der Waals surface area contributed by atoms with Gasteiger partial charge in [0.05, 0.1) is 24.8 Å². The third-order valence-electron chi connectivity index (χ3n) is 8.27. The molecule has 8 nitrogen and oxygen atoms in total. The van der Waals surface area contributed by atoms with Crippen molar-refractivity contribution in [2.75, 3.05) is 0 Å². The van der Waals surface area contributed by atoms with E-state index in [4.69, 9.17) is 9.47 Å². The van der Waals surface area contributed by atoms with Crippen LogP contribution in [-0.4, -0.2) is 84.0 Å². The molecule has 0 amide bonds. The zero-order valence-electron chi connectivity index (χ0n) is 28.9. The van der Waals surface area contributed by atoms with Crippen LogP contribution in [0.25, 0.3) is 0 Å². The molecule has 0 aromatic heterocycles. The average molecular weight is 736 g/mol. The van der Waals surface area contributed by atoms with Crippen LogP contribution in [0.1, 0.15) is 171 Å². The summed E-state index contributed by atoms with van der Waals surface area (Å²) in [6, 6.07) is 0. The van der Waals surface area contributed by atoms with E-state index in [-0.39, 0.29) is 60.7 Å². The first-order valence-electron chi connectivity index (χ1n) is 16.5. The second kappa shape index (κ2) is 27.7. The molecule has 43 heavy (non-hydrogen) atoms. The molecule has 0 radical (unpaired) electrons. The fourth-order valence-electron chi connectivity index (χ4n) is 4.61. The summed E-state index contributed by atoms with van der Waals surface area (Å²) in [4.78, 5) is 44.0. The maximum absolute atomic E-state index is 11.5. The first-order chi connectivity index (χ1) is 19.6. The largest absolute Gasteiger partial charge is 2.00 e. The van der Waals surface area contributed by atoms with Gasteiger partial charge < -0.3 is 29.3 Å². The number of carbonyl (C=O) groups is 4. The number of hydrogen-bond donors (Lipinski definition) is 0. The second-order valence-corrected chi connectivity index (χ2v) is 12.7. The van der Waals surface area contributed by atoms with Crippen molar-refractivity contribution in [2.45, 2.75) is 182 Å². The Kier molecular flexibility index (Phi) is 30.2. The molecule has 0 saturated heterocycles. The third kappa shape index (κ3) is 26.4. The molecule has 2 unspecified atom stereocenters. The molecule has 0 fully saturated rings. The molecule has 248 valence electrons. The Balaban J connectivity index is -0.000000727. The maximum atomic E-state index is 11.5. The van der Waals surface area contributed by atoms with E-state index in [1.807, 2.05) is 41.5 Å². The van der Waals surface area contributed by atoms with Gasteiger partial charge in [0.1, 0.15) is 11.2 Å². The van der Waals surface area contributed by atoms with Gasteiger partial charge in [-0.1, -0.05) is 119 Å². The van der Waals surface area contributed by atoms with Crippen LogP contribution in [0.2, 0.25) is 0 Å². The minimum absolute atomic E-state index is 0. The Hall–Kier alpha value is -0.549. The average Bonchev–Trinajstić information content (AvgIpc) is 2.86. The number of carboxylic acids is 2. The molecular weight excluding hydrogens is 674 g/mol. The van der Waals surface area contributed by atoms with Gasteiger partial charge in [-0.2, -0.15) is 0 Å². The molecule has 0 rings (SSSR count). The zero-order chi connectivity index (χ0) is 32.6. The standard InChI is InChI=1S/2C17H32O4.Ba/c2*1-5-6-7-8-9-10-11-12-17(4,14(2)3)21-16(20)13-15(18)19;/h2*14H,5-13H2,1-4H3,(H,18,19);/q;;+2/p-2. The van der Waals surface area contributed by atoms with Gasteiger partial charge >= 0.3 is 60.8 Å². The monoisotopic (exact) mass is 736 g/mol. The van der Waals surface area contributed by atoms with Gasteiger partial charge in [-0.05, 0) is 51.4 Å². The minimum atomic E-state index is -1.39. The van der Waals surface area contributed by atoms with Crippen LogP contribution < -0.4 is 10.2 Å². The van der Waals surface area contributed by atoms with Crippen molar-refractivity contribution in [3.8, 4) is 0 Å². The van der Waals surface area contributed by atoms with E-state index in [1.165, 1.54) is 64.2 Å². The van der Waals surface area contributed by atoms with E-state index in [9.17, 15) is 29.4 Å². The van der Waals surface area contributed by atoms with Crippen molar-refractivity contribution in [2.24, 2.45) is 11.8 Å². The molecule has 0 spiro atoms. The number of ether oxygens (including phenoxy) is 2. The Morgan fingerprint density at radius 1 is 0.535 bits per heavy atom. The summed E-state index contributed by atoms with van der Waals surface area (Å²) in [7, 11) is 0. The van der Waals surface area contributed by atoms with E-state index >= 15 is 0 Å². The molecule has 9 heteroatoms. The number of esters is 2. The number of carbonyl (C=O) groups excluding carboxylic acids is 4. The summed E-state index contributed by atoms with van der Waals surface area (Å²) >= 11 is 0. The first-order valence-corrected chi connectivity index (χ1v) is 16.5. The Bertz CT molecular complexity index is 693. The Labute approximate surface area is 303 Å². The first kappa shape index (κ1) is 46.9. The van der Waals surface area contributed by atoms with E-state index in [2.05, 4.69) is 13.8 Å². The topological polar surface area (TPSA) is 133 Å². The van der Waals surface area contributed by atoms with E-state index < -0.39 is 47.9 Å². The molecule has 0 N–H and O–H groups in total. The smallest absolute Gasteiger partial charge is 0.550 e. The fourth-order valence-corrected chi connectivity index (χ4v) is 4.61. The predicted molar refractivity (Wildman–Crippen MR) is 169 cm³/mol. The number of unbranched alkanes of at least 4 members (excludes halogenated alkanes) is 12. The molecule has 0 aliphatic rings. The Morgan fingerprint density at radius 3 is 1.02 bits per heavy atom. The van der Waals surface area contributed by atoms with Gasteiger partial charge in [-0.15, -0.1) is 0 Å². The van der Waals surface area contributed by atoms with Gasteiger partial charge in [-0.3, -0.25) is 9.59 Å². The van der Waals surface area contributed by atoms with Crippen LogP contribution in [0.3, 0.4) is 0 Å². The predicted octanol–water partition coefficient (Wildman–Crippen LogP) is 6.07. The minimum Gasteiger partial charge on any atom is -0.550 e. The van der Waals surface area contributed by atoms with Gasteiger partial charge in [0, 0.05) is 0 Å². The van der Waals surface area contributed by atoms with Gasteiger partial charge in [0.15, 0.2) is 0 Å². The van der Waals surface area contributed by atoms with E-state index in [1.54, 1.807) is 0 Å². The van der Waals surface area contributed by atoms with Crippen LogP contribution in [0.15, 0.2) is 0 Å². The van der Waals surface area contributed by atoms with E-state index in [0.717, 1.165) is 38.5 Å². The SMILES string of the molecule is CCCCCCCCCC(C)(OC(=O)CC(=O)[O-])C(C)C.CCCCCCCCCC(C)(OC(=O)CC(=O)[O-])C(C)C.[Ba+2]. The number of aliphatic carboxylic acids is 2. The normalized spacial score (nSPS) is 13.6. The summed E-state index contributed by atoms with van der Waals surface area (Å²) < 4.78 is 10.8. The maximum Gasteiger partial charge on any atom is 2.00 e. The molecule has 0 aromatic carbocycles. The van der Waals surface area contributed by atoms with Crippen molar-refractivity contribution < 1.29 is 38.9 Å². The van der Waals surface area contributed by atoms with Gasteiger partial charge in [-0.25, -0.2) is 0 Å². The van der Waals surface area contributed by atoms with Crippen molar-refractivity contribution >= 4 is 72.8 Å². The molecule has 2 atom stereocenters. The number of carboxylic acid groups (broad SMARTS) is 2. The summed E-state index contributed by atoms with van der Waals surface area (Å²) in [5.74, 6) is -3.86. The van der Waals surface area contributed by atoms with Gasteiger partial charge in [0.25, 0.3) is 0 Å². The van der Waals surface area contributed by atoms with Crippen LogP contribution in [0.5, 0.6) is 0 Å². The summed E-state index contributed by atoms with van der Waals surface area (Å²) in [5, 5.41) is 20.9. The molecule has 0 aliphatic heterocycles. The fraction of sp³-hybridized carbons (Fsp3) is 0.882. The van der Waals surface area contributed by atoms with Gasteiger partial charge in [0.2, 0.25) is 0 Å².